The number of methoxy groups -OCH3 is 1. The third-order valence-corrected chi connectivity index (χ3v) is 2.82. The van der Waals surface area contributed by atoms with Gasteiger partial charge in [-0.1, -0.05) is 25.1 Å². The van der Waals surface area contributed by atoms with Gasteiger partial charge < -0.3 is 10.1 Å². The van der Waals surface area contributed by atoms with Gasteiger partial charge in [-0.3, -0.25) is 9.89 Å². The highest BCUT2D eigenvalue weighted by molar-refractivity contribution is 6.04. The van der Waals surface area contributed by atoms with Crippen LogP contribution in [-0.4, -0.2) is 23.2 Å². The Morgan fingerprint density at radius 3 is 2.89 bits per heavy atom. The number of carbonyl (C=O) groups is 1. The van der Waals surface area contributed by atoms with Gasteiger partial charge in [-0.2, -0.15) is 5.10 Å². The molecule has 0 saturated carbocycles. The van der Waals surface area contributed by atoms with Crippen LogP contribution in [0.2, 0.25) is 0 Å². The van der Waals surface area contributed by atoms with E-state index in [1.807, 2.05) is 31.2 Å². The van der Waals surface area contributed by atoms with Crippen LogP contribution in [0.15, 0.2) is 30.3 Å². The van der Waals surface area contributed by atoms with Crippen LogP contribution in [0.4, 0.5) is 5.82 Å². The number of H-pyrrole nitrogens is 1. The number of amides is 1. The standard InChI is InChI=1S/C14H17N3O2/c1-3-11-8-13(17-16-11)15-14(18)12-7-5-4-6-10(12)9-19-2/h4-8H,3,9H2,1-2H3,(H2,15,16,17,18). The summed E-state index contributed by atoms with van der Waals surface area (Å²) >= 11 is 0. The summed E-state index contributed by atoms with van der Waals surface area (Å²) in [5.74, 6) is 0.357. The Morgan fingerprint density at radius 1 is 1.42 bits per heavy atom. The predicted molar refractivity (Wildman–Crippen MR) is 73.1 cm³/mol. The van der Waals surface area contributed by atoms with Crippen LogP contribution in [-0.2, 0) is 17.8 Å². The molecular weight excluding hydrogens is 242 g/mol. The maximum absolute atomic E-state index is 12.2. The Kier molecular flexibility index (Phi) is 4.30. The summed E-state index contributed by atoms with van der Waals surface area (Å²) in [6, 6.07) is 9.19. The Bertz CT molecular complexity index is 563. The van der Waals surface area contributed by atoms with Crippen molar-refractivity contribution in [3.63, 3.8) is 0 Å². The average molecular weight is 259 g/mol. The van der Waals surface area contributed by atoms with Crippen LogP contribution in [0.1, 0.15) is 28.5 Å². The van der Waals surface area contributed by atoms with Crippen molar-refractivity contribution >= 4 is 11.7 Å². The third kappa shape index (κ3) is 3.20. The number of aromatic amines is 1. The van der Waals surface area contributed by atoms with Gasteiger partial charge in [-0.05, 0) is 18.1 Å². The number of hydrogen-bond donors (Lipinski definition) is 2. The molecule has 1 heterocycles. The van der Waals surface area contributed by atoms with E-state index in [-0.39, 0.29) is 5.91 Å². The second-order valence-corrected chi connectivity index (χ2v) is 4.18. The van der Waals surface area contributed by atoms with Crippen molar-refractivity contribution in [2.24, 2.45) is 0 Å². The molecule has 1 aromatic carbocycles. The summed E-state index contributed by atoms with van der Waals surface area (Å²) in [5, 5.41) is 9.68. The van der Waals surface area contributed by atoms with Crippen LogP contribution in [0.3, 0.4) is 0 Å². The fraction of sp³-hybridized carbons (Fsp3) is 0.286. The lowest BCUT2D eigenvalue weighted by atomic mass is 10.1. The van der Waals surface area contributed by atoms with E-state index in [2.05, 4.69) is 15.5 Å². The summed E-state index contributed by atoms with van der Waals surface area (Å²) < 4.78 is 5.09. The number of benzene rings is 1. The quantitative estimate of drug-likeness (QED) is 0.866. The van der Waals surface area contributed by atoms with E-state index in [4.69, 9.17) is 4.74 Å². The lowest BCUT2D eigenvalue weighted by Crippen LogP contribution is -2.14. The van der Waals surface area contributed by atoms with E-state index in [1.54, 1.807) is 13.2 Å². The fourth-order valence-corrected chi connectivity index (χ4v) is 1.81. The van der Waals surface area contributed by atoms with Gasteiger partial charge in [0.25, 0.3) is 5.91 Å². The SMILES string of the molecule is CCc1cc(NC(=O)c2ccccc2COC)n[nH]1. The molecule has 19 heavy (non-hydrogen) atoms. The van der Waals surface area contributed by atoms with Gasteiger partial charge in [-0.25, -0.2) is 0 Å². The van der Waals surface area contributed by atoms with Crippen molar-refractivity contribution in [1.29, 1.82) is 0 Å². The van der Waals surface area contributed by atoms with Crippen molar-refractivity contribution < 1.29 is 9.53 Å². The highest BCUT2D eigenvalue weighted by Gasteiger charge is 2.12. The number of carbonyl (C=O) groups excluding carboxylic acids is 1. The molecule has 1 aromatic heterocycles. The van der Waals surface area contributed by atoms with Gasteiger partial charge in [0.05, 0.1) is 6.61 Å². The molecule has 5 nitrogen and oxygen atoms in total. The lowest BCUT2D eigenvalue weighted by molar-refractivity contribution is 0.102. The molecule has 0 aliphatic carbocycles. The average Bonchev–Trinajstić information content (AvgIpc) is 2.87. The Hall–Kier alpha value is -2.14. The minimum Gasteiger partial charge on any atom is -0.380 e. The van der Waals surface area contributed by atoms with Gasteiger partial charge in [-0.15, -0.1) is 0 Å². The van der Waals surface area contributed by atoms with E-state index in [0.29, 0.717) is 18.0 Å². The topological polar surface area (TPSA) is 67.0 Å². The fourth-order valence-electron chi connectivity index (χ4n) is 1.81. The van der Waals surface area contributed by atoms with E-state index in [9.17, 15) is 4.79 Å². The molecule has 2 N–H and O–H groups in total. The first-order valence-corrected chi connectivity index (χ1v) is 6.17. The number of anilines is 1. The van der Waals surface area contributed by atoms with Crippen molar-refractivity contribution in [3.8, 4) is 0 Å². The molecule has 5 heteroatoms. The minimum absolute atomic E-state index is 0.179. The zero-order chi connectivity index (χ0) is 13.7. The number of ether oxygens (including phenoxy) is 1. The van der Waals surface area contributed by atoms with E-state index in [0.717, 1.165) is 17.7 Å². The molecule has 0 spiro atoms. The number of rotatable bonds is 5. The van der Waals surface area contributed by atoms with E-state index in [1.165, 1.54) is 0 Å². The van der Waals surface area contributed by atoms with Crippen molar-refractivity contribution in [2.75, 3.05) is 12.4 Å². The minimum atomic E-state index is -0.179. The lowest BCUT2D eigenvalue weighted by Gasteiger charge is -2.07. The summed E-state index contributed by atoms with van der Waals surface area (Å²) in [6.07, 6.45) is 0.850. The summed E-state index contributed by atoms with van der Waals surface area (Å²) in [6.45, 7) is 2.43. The van der Waals surface area contributed by atoms with Crippen LogP contribution in [0.25, 0.3) is 0 Å². The second-order valence-electron chi connectivity index (χ2n) is 4.18. The second kappa shape index (κ2) is 6.15. The van der Waals surface area contributed by atoms with Gasteiger partial charge in [0.2, 0.25) is 0 Å². The number of nitrogens with zero attached hydrogens (tertiary/aromatic N) is 1. The number of aryl methyl sites for hydroxylation is 1. The third-order valence-electron chi connectivity index (χ3n) is 2.82. The first kappa shape index (κ1) is 13.3. The van der Waals surface area contributed by atoms with E-state index < -0.39 is 0 Å². The molecule has 0 radical (unpaired) electrons. The predicted octanol–water partition coefficient (Wildman–Crippen LogP) is 2.37. The molecule has 0 fully saturated rings. The largest absolute Gasteiger partial charge is 0.380 e. The molecule has 2 rings (SSSR count). The van der Waals surface area contributed by atoms with Crippen molar-refractivity contribution in [2.45, 2.75) is 20.0 Å². The van der Waals surface area contributed by atoms with Crippen LogP contribution in [0, 0.1) is 0 Å². The monoisotopic (exact) mass is 259 g/mol. The van der Waals surface area contributed by atoms with Crippen molar-refractivity contribution in [3.05, 3.63) is 47.2 Å². The van der Waals surface area contributed by atoms with Gasteiger partial charge >= 0.3 is 0 Å². The summed E-state index contributed by atoms with van der Waals surface area (Å²) in [4.78, 5) is 12.2. The summed E-state index contributed by atoms with van der Waals surface area (Å²) in [5.41, 5.74) is 2.44. The molecular formula is C14H17N3O2. The Balaban J connectivity index is 2.15. The zero-order valence-electron chi connectivity index (χ0n) is 11.1. The van der Waals surface area contributed by atoms with Gasteiger partial charge in [0, 0.05) is 24.4 Å². The maximum Gasteiger partial charge on any atom is 0.257 e. The van der Waals surface area contributed by atoms with Crippen LogP contribution >= 0.6 is 0 Å². The normalized spacial score (nSPS) is 10.4. The Morgan fingerprint density at radius 2 is 2.21 bits per heavy atom. The molecule has 0 aliphatic heterocycles. The smallest absolute Gasteiger partial charge is 0.257 e. The molecule has 1 amide bonds. The first-order valence-electron chi connectivity index (χ1n) is 6.17. The molecule has 0 saturated heterocycles. The molecule has 100 valence electrons. The van der Waals surface area contributed by atoms with Gasteiger partial charge in [0.15, 0.2) is 5.82 Å². The van der Waals surface area contributed by atoms with Crippen molar-refractivity contribution in [1.82, 2.24) is 10.2 Å². The molecule has 0 unspecified atom stereocenters. The highest BCUT2D eigenvalue weighted by Crippen LogP contribution is 2.13. The number of nitrogens with one attached hydrogen (secondary N) is 2. The molecule has 2 aromatic rings. The number of aromatic nitrogens is 2. The molecule has 0 aliphatic rings. The van der Waals surface area contributed by atoms with Gasteiger partial charge in [0.1, 0.15) is 0 Å². The zero-order valence-corrected chi connectivity index (χ0v) is 11.1. The molecule has 0 bridgehead atoms. The Labute approximate surface area is 112 Å². The first-order chi connectivity index (χ1) is 9.24. The van der Waals surface area contributed by atoms with Crippen LogP contribution in [0.5, 0.6) is 0 Å². The number of hydrogen-bond acceptors (Lipinski definition) is 3. The highest BCUT2D eigenvalue weighted by atomic mass is 16.5. The van der Waals surface area contributed by atoms with E-state index >= 15 is 0 Å². The summed E-state index contributed by atoms with van der Waals surface area (Å²) in [7, 11) is 1.61. The maximum atomic E-state index is 12.2. The van der Waals surface area contributed by atoms with Crippen LogP contribution < -0.4 is 5.32 Å². The molecule has 0 atom stereocenters.